The smallest absolute Gasteiger partial charge is 0.478 e. The van der Waals surface area contributed by atoms with E-state index < -0.39 is 35.4 Å². The molecule has 5 nitrogen and oxygen atoms in total. The molecule has 8 heteroatoms. The van der Waals surface area contributed by atoms with Crippen LogP contribution in [0.15, 0.2) is 58.7 Å². The summed E-state index contributed by atoms with van der Waals surface area (Å²) < 4.78 is 46.2. The van der Waals surface area contributed by atoms with Crippen molar-refractivity contribution in [2.24, 2.45) is 5.41 Å². The predicted octanol–water partition coefficient (Wildman–Crippen LogP) is 5.10. The minimum atomic E-state index is -4.81. The number of carbonyl (C=O) groups is 2. The standard InChI is InChI=1S/C22H23F3O5/c1-12-14(3)21(4,19(29-5)13(2)18(12)20(27)28)11-10-17(26)15-6-8-16(9-7-15)30-22(23,24)25/h6-11,19H,1-5H3,(H,27,28). The fourth-order valence-electron chi connectivity index (χ4n) is 3.79. The summed E-state index contributed by atoms with van der Waals surface area (Å²) in [6.07, 6.45) is -2.44. The van der Waals surface area contributed by atoms with Crippen LogP contribution in [-0.2, 0) is 9.53 Å². The Morgan fingerprint density at radius 1 is 1.13 bits per heavy atom. The van der Waals surface area contributed by atoms with Crippen LogP contribution in [0, 0.1) is 5.41 Å². The third-order valence-corrected chi connectivity index (χ3v) is 5.48. The summed E-state index contributed by atoms with van der Waals surface area (Å²) in [6, 6.07) is 4.62. The number of halogens is 3. The number of carbonyl (C=O) groups excluding carboxylic acids is 1. The lowest BCUT2D eigenvalue weighted by atomic mass is 9.67. The summed E-state index contributed by atoms with van der Waals surface area (Å²) in [4.78, 5) is 24.2. The Morgan fingerprint density at radius 3 is 2.17 bits per heavy atom. The monoisotopic (exact) mass is 424 g/mol. The van der Waals surface area contributed by atoms with Crippen molar-refractivity contribution in [1.82, 2.24) is 0 Å². The quantitative estimate of drug-likeness (QED) is 0.508. The second-order valence-corrected chi connectivity index (χ2v) is 7.28. The Balaban J connectivity index is 2.33. The van der Waals surface area contributed by atoms with Crippen LogP contribution in [0.2, 0.25) is 0 Å². The minimum Gasteiger partial charge on any atom is -0.478 e. The minimum absolute atomic E-state index is 0.186. The molecule has 0 aromatic heterocycles. The number of benzene rings is 1. The average molecular weight is 424 g/mol. The Bertz CT molecular complexity index is 939. The van der Waals surface area contributed by atoms with Crippen LogP contribution in [0.5, 0.6) is 5.75 Å². The van der Waals surface area contributed by atoms with E-state index in [-0.39, 0.29) is 11.1 Å². The van der Waals surface area contributed by atoms with Crippen molar-refractivity contribution in [3.8, 4) is 5.75 Å². The number of methoxy groups -OCH3 is 1. The van der Waals surface area contributed by atoms with Gasteiger partial charge in [0.1, 0.15) is 5.75 Å². The van der Waals surface area contributed by atoms with E-state index >= 15 is 0 Å². The molecule has 0 fully saturated rings. The summed E-state index contributed by atoms with van der Waals surface area (Å²) in [5.41, 5.74) is 1.48. The molecular weight excluding hydrogens is 401 g/mol. The van der Waals surface area contributed by atoms with Crippen molar-refractivity contribution >= 4 is 11.8 Å². The maximum absolute atomic E-state index is 12.6. The van der Waals surface area contributed by atoms with Gasteiger partial charge in [0.2, 0.25) is 0 Å². The van der Waals surface area contributed by atoms with E-state index in [0.717, 1.165) is 17.7 Å². The van der Waals surface area contributed by atoms with Crippen molar-refractivity contribution in [3.05, 3.63) is 64.3 Å². The van der Waals surface area contributed by atoms with E-state index in [1.165, 1.54) is 25.3 Å². The van der Waals surface area contributed by atoms with Gasteiger partial charge < -0.3 is 14.6 Å². The van der Waals surface area contributed by atoms with Crippen molar-refractivity contribution in [1.29, 1.82) is 0 Å². The second-order valence-electron chi connectivity index (χ2n) is 7.28. The average Bonchev–Trinajstić information content (AvgIpc) is 2.64. The molecule has 0 saturated carbocycles. The van der Waals surface area contributed by atoms with Crippen LogP contribution in [-0.4, -0.2) is 36.4 Å². The van der Waals surface area contributed by atoms with E-state index in [2.05, 4.69) is 4.74 Å². The third-order valence-electron chi connectivity index (χ3n) is 5.48. The number of ether oxygens (including phenoxy) is 2. The lowest BCUT2D eigenvalue weighted by Gasteiger charge is -2.41. The molecule has 0 radical (unpaired) electrons. The van der Waals surface area contributed by atoms with Gasteiger partial charge in [0.15, 0.2) is 5.78 Å². The maximum Gasteiger partial charge on any atom is 0.573 e. The second kappa shape index (κ2) is 8.47. The molecule has 30 heavy (non-hydrogen) atoms. The van der Waals surface area contributed by atoms with Gasteiger partial charge >= 0.3 is 12.3 Å². The lowest BCUT2D eigenvalue weighted by molar-refractivity contribution is -0.274. The van der Waals surface area contributed by atoms with Gasteiger partial charge in [-0.25, -0.2) is 4.79 Å². The molecule has 0 spiro atoms. The summed E-state index contributed by atoms with van der Waals surface area (Å²) in [7, 11) is 1.47. The van der Waals surface area contributed by atoms with Crippen LogP contribution >= 0.6 is 0 Å². The number of alkyl halides is 3. The Hall–Kier alpha value is -2.87. The fourth-order valence-corrected chi connectivity index (χ4v) is 3.79. The van der Waals surface area contributed by atoms with E-state index in [9.17, 15) is 27.9 Å². The first-order chi connectivity index (χ1) is 13.8. The first-order valence-electron chi connectivity index (χ1n) is 9.06. The number of allylic oxidation sites excluding steroid dienone is 1. The fraction of sp³-hybridized carbons (Fsp3) is 0.364. The molecule has 1 aromatic rings. The van der Waals surface area contributed by atoms with Crippen molar-refractivity contribution in [3.63, 3.8) is 0 Å². The van der Waals surface area contributed by atoms with Crippen LogP contribution < -0.4 is 4.74 Å². The third kappa shape index (κ3) is 4.64. The van der Waals surface area contributed by atoms with Gasteiger partial charge in [-0.05, 0) is 69.2 Å². The predicted molar refractivity (Wildman–Crippen MR) is 104 cm³/mol. The van der Waals surface area contributed by atoms with Gasteiger partial charge in [-0.1, -0.05) is 11.6 Å². The van der Waals surface area contributed by atoms with E-state index in [0.29, 0.717) is 11.1 Å². The van der Waals surface area contributed by atoms with Crippen LogP contribution in [0.1, 0.15) is 38.1 Å². The summed E-state index contributed by atoms with van der Waals surface area (Å²) in [6.45, 7) is 7.02. The van der Waals surface area contributed by atoms with Crippen molar-refractivity contribution in [2.45, 2.75) is 40.2 Å². The number of hydrogen-bond donors (Lipinski definition) is 1. The molecule has 0 bridgehead atoms. The molecule has 0 aliphatic heterocycles. The van der Waals surface area contributed by atoms with Gasteiger partial charge in [-0.2, -0.15) is 0 Å². The molecule has 2 unspecified atom stereocenters. The zero-order chi connectivity index (χ0) is 22.9. The van der Waals surface area contributed by atoms with Crippen LogP contribution in [0.3, 0.4) is 0 Å². The largest absolute Gasteiger partial charge is 0.573 e. The highest BCUT2D eigenvalue weighted by molar-refractivity contribution is 6.04. The highest BCUT2D eigenvalue weighted by atomic mass is 19.4. The lowest BCUT2D eigenvalue weighted by Crippen LogP contribution is -2.39. The molecule has 0 amide bonds. The highest BCUT2D eigenvalue weighted by Crippen LogP contribution is 2.45. The first-order valence-corrected chi connectivity index (χ1v) is 9.06. The van der Waals surface area contributed by atoms with Gasteiger partial charge in [0, 0.05) is 18.1 Å². The van der Waals surface area contributed by atoms with Gasteiger partial charge in [-0.15, -0.1) is 13.2 Å². The number of carboxylic acid groups (broad SMARTS) is 1. The number of aliphatic carboxylic acids is 1. The molecule has 1 N–H and O–H groups in total. The molecular formula is C22H23F3O5. The van der Waals surface area contributed by atoms with Crippen molar-refractivity contribution in [2.75, 3.05) is 7.11 Å². The number of carboxylic acids is 1. The zero-order valence-electron chi connectivity index (χ0n) is 17.3. The SMILES string of the molecule is COC1C(C)=C(C(=O)O)C(C)=C(C)C1(C)C=CC(=O)c1ccc(OC(F)(F)F)cc1. The summed E-state index contributed by atoms with van der Waals surface area (Å²) in [5.74, 6) is -1.88. The molecule has 1 aromatic carbocycles. The summed E-state index contributed by atoms with van der Waals surface area (Å²) >= 11 is 0. The summed E-state index contributed by atoms with van der Waals surface area (Å²) in [5, 5.41) is 9.54. The van der Waals surface area contributed by atoms with Gasteiger partial charge in [0.25, 0.3) is 0 Å². The van der Waals surface area contributed by atoms with E-state index in [1.54, 1.807) is 26.8 Å². The molecule has 1 aliphatic carbocycles. The Morgan fingerprint density at radius 2 is 1.70 bits per heavy atom. The molecule has 162 valence electrons. The number of hydrogen-bond acceptors (Lipinski definition) is 4. The zero-order valence-corrected chi connectivity index (χ0v) is 17.3. The maximum atomic E-state index is 12.6. The number of ketones is 1. The molecule has 2 rings (SSSR count). The molecule has 1 aliphatic rings. The van der Waals surface area contributed by atoms with E-state index in [1.807, 2.05) is 6.92 Å². The normalized spacial score (nSPS) is 22.6. The van der Waals surface area contributed by atoms with Crippen LogP contribution in [0.25, 0.3) is 0 Å². The Kier molecular flexibility index (Phi) is 6.61. The van der Waals surface area contributed by atoms with E-state index in [4.69, 9.17) is 4.74 Å². The highest BCUT2D eigenvalue weighted by Gasteiger charge is 2.42. The first kappa shape index (κ1) is 23.4. The van der Waals surface area contributed by atoms with Crippen molar-refractivity contribution < 1.29 is 37.3 Å². The number of rotatable bonds is 6. The molecule has 0 saturated heterocycles. The van der Waals surface area contributed by atoms with Crippen LogP contribution in [0.4, 0.5) is 13.2 Å². The molecule has 0 heterocycles. The molecule has 2 atom stereocenters. The van der Waals surface area contributed by atoms with Gasteiger partial charge in [-0.3, -0.25) is 4.79 Å². The Labute approximate surface area is 172 Å². The topological polar surface area (TPSA) is 72.8 Å². The van der Waals surface area contributed by atoms with Gasteiger partial charge in [0.05, 0.1) is 11.7 Å².